The van der Waals surface area contributed by atoms with Crippen molar-refractivity contribution < 1.29 is 12.8 Å². The van der Waals surface area contributed by atoms with Crippen LogP contribution in [0.2, 0.25) is 0 Å². The molecule has 0 aliphatic carbocycles. The quantitative estimate of drug-likeness (QED) is 0.827. The first-order chi connectivity index (χ1) is 8.99. The number of halogens is 1. The van der Waals surface area contributed by atoms with Crippen LogP contribution in [0.1, 0.15) is 5.56 Å². The maximum Gasteiger partial charge on any atom is 0.261 e. The van der Waals surface area contributed by atoms with E-state index in [-0.39, 0.29) is 6.54 Å². The lowest BCUT2D eigenvalue weighted by molar-refractivity contribution is 0.544. The van der Waals surface area contributed by atoms with Gasteiger partial charge in [-0.15, -0.1) is 0 Å². The van der Waals surface area contributed by atoms with Crippen LogP contribution in [0.25, 0.3) is 0 Å². The van der Waals surface area contributed by atoms with E-state index in [0.29, 0.717) is 11.3 Å². The Morgan fingerprint density at radius 2 is 2.05 bits per heavy atom. The second kappa shape index (κ2) is 5.33. The lowest BCUT2D eigenvalue weighted by Gasteiger charge is -2.07. The maximum atomic E-state index is 13.4. The number of hydrogen-bond acceptors (Lipinski definition) is 4. The molecule has 0 unspecified atom stereocenters. The minimum Gasteiger partial charge on any atom is -0.399 e. The van der Waals surface area contributed by atoms with E-state index in [1.54, 1.807) is 24.3 Å². The Kier molecular flexibility index (Phi) is 3.77. The van der Waals surface area contributed by atoms with Gasteiger partial charge in [-0.05, 0) is 29.8 Å². The van der Waals surface area contributed by atoms with Crippen molar-refractivity contribution in [2.75, 3.05) is 5.73 Å². The van der Waals surface area contributed by atoms with E-state index in [1.165, 1.54) is 12.3 Å². The van der Waals surface area contributed by atoms with E-state index in [0.717, 1.165) is 6.07 Å². The first-order valence-electron chi connectivity index (χ1n) is 5.43. The molecular weight excluding hydrogens is 269 g/mol. The molecule has 1 aromatic carbocycles. The summed E-state index contributed by atoms with van der Waals surface area (Å²) in [6.45, 7) is 0.0172. The molecule has 0 aliphatic heterocycles. The van der Waals surface area contributed by atoms with Crippen LogP contribution in [-0.4, -0.2) is 13.4 Å². The molecule has 3 N–H and O–H groups in total. The predicted octanol–water partition coefficient (Wildman–Crippen LogP) is 1.28. The normalized spacial score (nSPS) is 11.4. The third-order valence-electron chi connectivity index (χ3n) is 2.40. The van der Waals surface area contributed by atoms with Crippen LogP contribution in [0.4, 0.5) is 10.1 Å². The van der Waals surface area contributed by atoms with E-state index in [4.69, 9.17) is 5.73 Å². The summed E-state index contributed by atoms with van der Waals surface area (Å²) in [5, 5.41) is -0.612. The zero-order valence-corrected chi connectivity index (χ0v) is 10.7. The van der Waals surface area contributed by atoms with Gasteiger partial charge in [0, 0.05) is 18.4 Å². The number of anilines is 1. The number of nitrogen functional groups attached to an aromatic ring is 1. The number of hydrogen-bond donors (Lipinski definition) is 2. The molecule has 0 aliphatic rings. The molecule has 5 nitrogen and oxygen atoms in total. The van der Waals surface area contributed by atoms with E-state index in [1.807, 2.05) is 0 Å². The third-order valence-corrected chi connectivity index (χ3v) is 3.73. The summed E-state index contributed by atoms with van der Waals surface area (Å²) < 4.78 is 39.4. The van der Waals surface area contributed by atoms with E-state index >= 15 is 0 Å². The first kappa shape index (κ1) is 13.4. The highest BCUT2D eigenvalue weighted by atomic mass is 32.2. The molecule has 0 radical (unpaired) electrons. The Bertz CT molecular complexity index is 689. The van der Waals surface area contributed by atoms with Gasteiger partial charge in [-0.25, -0.2) is 22.5 Å². The molecular formula is C12H12FN3O2S. The molecule has 0 saturated heterocycles. The summed E-state index contributed by atoms with van der Waals surface area (Å²) in [5.41, 5.74) is 6.79. The number of aromatic nitrogens is 1. The fourth-order valence-corrected chi connectivity index (χ4v) is 2.54. The molecule has 0 bridgehead atoms. The highest BCUT2D eigenvalue weighted by Gasteiger charge is 2.19. The Labute approximate surface area is 110 Å². The number of nitrogens with two attached hydrogens (primary N) is 1. The van der Waals surface area contributed by atoms with Gasteiger partial charge in [-0.3, -0.25) is 0 Å². The van der Waals surface area contributed by atoms with Gasteiger partial charge in [-0.1, -0.05) is 12.1 Å². The first-order valence-corrected chi connectivity index (χ1v) is 6.92. The molecule has 0 amide bonds. The number of benzene rings is 1. The lowest BCUT2D eigenvalue weighted by Crippen LogP contribution is -2.25. The molecule has 1 heterocycles. The third kappa shape index (κ3) is 3.27. The number of nitrogens with zero attached hydrogens (tertiary/aromatic N) is 1. The van der Waals surface area contributed by atoms with Gasteiger partial charge in [0.05, 0.1) is 0 Å². The summed E-state index contributed by atoms with van der Waals surface area (Å²) in [5.74, 6) is -0.887. The lowest BCUT2D eigenvalue weighted by atomic mass is 10.2. The van der Waals surface area contributed by atoms with Gasteiger partial charge in [0.25, 0.3) is 10.0 Å². The van der Waals surface area contributed by atoms with Crippen LogP contribution in [0, 0.1) is 5.82 Å². The minimum absolute atomic E-state index is 0.0172. The van der Waals surface area contributed by atoms with Crippen molar-refractivity contribution in [3.8, 4) is 0 Å². The van der Waals surface area contributed by atoms with Crippen molar-refractivity contribution in [3.63, 3.8) is 0 Å². The van der Waals surface area contributed by atoms with E-state index in [9.17, 15) is 12.8 Å². The molecule has 0 atom stereocenters. The Balaban J connectivity index is 2.17. The molecule has 19 heavy (non-hydrogen) atoms. The highest BCUT2D eigenvalue weighted by Crippen LogP contribution is 2.11. The van der Waals surface area contributed by atoms with Gasteiger partial charge in [0.15, 0.2) is 5.82 Å². The largest absolute Gasteiger partial charge is 0.399 e. The van der Waals surface area contributed by atoms with E-state index in [2.05, 4.69) is 9.71 Å². The number of pyridine rings is 1. The van der Waals surface area contributed by atoms with Crippen LogP contribution < -0.4 is 10.5 Å². The number of rotatable bonds is 4. The topological polar surface area (TPSA) is 85.1 Å². The molecule has 7 heteroatoms. The second-order valence-electron chi connectivity index (χ2n) is 3.86. The summed E-state index contributed by atoms with van der Waals surface area (Å²) in [4.78, 5) is 3.53. The van der Waals surface area contributed by atoms with Gasteiger partial charge in [0.1, 0.15) is 0 Å². The van der Waals surface area contributed by atoms with Crippen molar-refractivity contribution in [3.05, 3.63) is 54.0 Å². The fraction of sp³-hybridized carbons (Fsp3) is 0.0833. The SMILES string of the molecule is Nc1cccc(CNS(=O)(=O)c2ncccc2F)c1. The van der Waals surface area contributed by atoms with Crippen molar-refractivity contribution in [1.29, 1.82) is 0 Å². The van der Waals surface area contributed by atoms with Crippen LogP contribution in [0.3, 0.4) is 0 Å². The van der Waals surface area contributed by atoms with Crippen LogP contribution in [0.5, 0.6) is 0 Å². The molecule has 2 aromatic rings. The summed E-state index contributed by atoms with van der Waals surface area (Å²) >= 11 is 0. The van der Waals surface area contributed by atoms with Gasteiger partial charge < -0.3 is 5.73 Å². The molecule has 1 aromatic heterocycles. The highest BCUT2D eigenvalue weighted by molar-refractivity contribution is 7.89. The molecule has 0 saturated carbocycles. The van der Waals surface area contributed by atoms with Crippen molar-refractivity contribution >= 4 is 15.7 Å². The molecule has 0 spiro atoms. The fourth-order valence-electron chi connectivity index (χ4n) is 1.52. The average Bonchev–Trinajstić information content (AvgIpc) is 2.37. The van der Waals surface area contributed by atoms with Gasteiger partial charge in [0.2, 0.25) is 5.03 Å². The van der Waals surface area contributed by atoms with Gasteiger partial charge >= 0.3 is 0 Å². The summed E-state index contributed by atoms with van der Waals surface area (Å²) in [6.07, 6.45) is 1.22. The maximum absolute atomic E-state index is 13.4. The summed E-state index contributed by atoms with van der Waals surface area (Å²) in [7, 11) is -3.98. The van der Waals surface area contributed by atoms with Crippen LogP contribution in [-0.2, 0) is 16.6 Å². The number of nitrogens with one attached hydrogen (secondary N) is 1. The standard InChI is InChI=1S/C12H12FN3O2S/c13-11-5-2-6-15-12(11)19(17,18)16-8-9-3-1-4-10(14)7-9/h1-7,16H,8,14H2. The molecule has 0 fully saturated rings. The smallest absolute Gasteiger partial charge is 0.261 e. The Morgan fingerprint density at radius 1 is 1.26 bits per heavy atom. The zero-order chi connectivity index (χ0) is 13.9. The Morgan fingerprint density at radius 3 is 2.74 bits per heavy atom. The Hall–Kier alpha value is -1.99. The zero-order valence-electron chi connectivity index (χ0n) is 9.88. The monoisotopic (exact) mass is 281 g/mol. The minimum atomic E-state index is -3.98. The second-order valence-corrected chi connectivity index (χ2v) is 5.54. The van der Waals surface area contributed by atoms with Gasteiger partial charge in [-0.2, -0.15) is 0 Å². The predicted molar refractivity (Wildman–Crippen MR) is 69.1 cm³/mol. The van der Waals surface area contributed by atoms with Crippen LogP contribution >= 0.6 is 0 Å². The van der Waals surface area contributed by atoms with Crippen LogP contribution in [0.15, 0.2) is 47.6 Å². The average molecular weight is 281 g/mol. The van der Waals surface area contributed by atoms with Crippen molar-refractivity contribution in [1.82, 2.24) is 9.71 Å². The summed E-state index contributed by atoms with van der Waals surface area (Å²) in [6, 6.07) is 9.12. The molecule has 2 rings (SSSR count). The van der Waals surface area contributed by atoms with Crippen molar-refractivity contribution in [2.45, 2.75) is 11.6 Å². The molecule has 100 valence electrons. The van der Waals surface area contributed by atoms with E-state index < -0.39 is 20.9 Å². The number of sulfonamides is 1. The van der Waals surface area contributed by atoms with Crippen molar-refractivity contribution in [2.24, 2.45) is 0 Å².